The van der Waals surface area contributed by atoms with E-state index in [9.17, 15) is 14.0 Å². The van der Waals surface area contributed by atoms with Gasteiger partial charge in [-0.25, -0.2) is 9.37 Å². The van der Waals surface area contributed by atoms with Gasteiger partial charge in [-0.05, 0) is 34.9 Å². The predicted molar refractivity (Wildman–Crippen MR) is 135 cm³/mol. The number of benzene rings is 3. The largest absolute Gasteiger partial charge is 0.324 e. The highest BCUT2D eigenvalue weighted by molar-refractivity contribution is 7.17. The Morgan fingerprint density at radius 2 is 1.71 bits per heavy atom. The SMILES string of the molecule is O=C(Cn1cnc2scc(-c3ccc(-c4ccccc4)cc3)c2c1=O)Nc1ccc(F)c(Cl)c1. The van der Waals surface area contributed by atoms with Crippen molar-refractivity contribution in [2.24, 2.45) is 0 Å². The average Bonchev–Trinajstić information content (AvgIpc) is 3.29. The highest BCUT2D eigenvalue weighted by atomic mass is 35.5. The van der Waals surface area contributed by atoms with Gasteiger partial charge in [0.2, 0.25) is 5.91 Å². The van der Waals surface area contributed by atoms with Gasteiger partial charge < -0.3 is 5.32 Å². The van der Waals surface area contributed by atoms with Gasteiger partial charge in [-0.2, -0.15) is 0 Å². The van der Waals surface area contributed by atoms with E-state index in [1.54, 1.807) is 0 Å². The lowest BCUT2D eigenvalue weighted by Crippen LogP contribution is -2.27. The summed E-state index contributed by atoms with van der Waals surface area (Å²) in [5.74, 6) is -1.03. The molecular weight excluding hydrogens is 473 g/mol. The van der Waals surface area contributed by atoms with E-state index >= 15 is 0 Å². The van der Waals surface area contributed by atoms with Gasteiger partial charge >= 0.3 is 0 Å². The number of fused-ring (bicyclic) bond motifs is 1. The molecule has 0 saturated carbocycles. The van der Waals surface area contributed by atoms with Crippen molar-refractivity contribution in [1.82, 2.24) is 9.55 Å². The molecule has 0 aliphatic heterocycles. The van der Waals surface area contributed by atoms with E-state index in [0.29, 0.717) is 15.9 Å². The molecule has 1 N–H and O–H groups in total. The lowest BCUT2D eigenvalue weighted by atomic mass is 10.0. The maximum atomic E-state index is 13.3. The van der Waals surface area contributed by atoms with Crippen LogP contribution in [0.5, 0.6) is 0 Å². The van der Waals surface area contributed by atoms with Crippen LogP contribution >= 0.6 is 22.9 Å². The van der Waals surface area contributed by atoms with Crippen LogP contribution in [0.3, 0.4) is 0 Å². The minimum Gasteiger partial charge on any atom is -0.324 e. The second-order valence-electron chi connectivity index (χ2n) is 7.63. The van der Waals surface area contributed by atoms with E-state index in [4.69, 9.17) is 11.6 Å². The zero-order valence-corrected chi connectivity index (χ0v) is 19.2. The Balaban J connectivity index is 1.43. The van der Waals surface area contributed by atoms with Crippen molar-refractivity contribution < 1.29 is 9.18 Å². The molecule has 3 aromatic carbocycles. The van der Waals surface area contributed by atoms with Crippen LogP contribution in [0.2, 0.25) is 5.02 Å². The van der Waals surface area contributed by atoms with Gasteiger partial charge in [-0.15, -0.1) is 11.3 Å². The third kappa shape index (κ3) is 4.35. The summed E-state index contributed by atoms with van der Waals surface area (Å²) < 4.78 is 14.6. The number of thiophene rings is 1. The maximum absolute atomic E-state index is 13.3. The lowest BCUT2D eigenvalue weighted by molar-refractivity contribution is -0.116. The van der Waals surface area contributed by atoms with Crippen molar-refractivity contribution >= 4 is 44.7 Å². The summed E-state index contributed by atoms with van der Waals surface area (Å²) in [6.45, 7) is -0.237. The molecule has 0 spiro atoms. The fourth-order valence-electron chi connectivity index (χ4n) is 3.69. The Bertz CT molecular complexity index is 1560. The molecule has 0 aliphatic carbocycles. The van der Waals surface area contributed by atoms with Gasteiger partial charge in [-0.3, -0.25) is 14.2 Å². The molecule has 0 radical (unpaired) electrons. The summed E-state index contributed by atoms with van der Waals surface area (Å²) >= 11 is 7.15. The molecule has 1 amide bonds. The van der Waals surface area contributed by atoms with Gasteiger partial charge in [0.05, 0.1) is 16.7 Å². The topological polar surface area (TPSA) is 64.0 Å². The molecule has 0 aliphatic rings. The third-order valence-corrected chi connectivity index (χ3v) is 6.56. The molecule has 5 rings (SSSR count). The van der Waals surface area contributed by atoms with E-state index < -0.39 is 11.7 Å². The average molecular weight is 490 g/mol. The van der Waals surface area contributed by atoms with Gasteiger partial charge in [-0.1, -0.05) is 66.2 Å². The van der Waals surface area contributed by atoms with Crippen molar-refractivity contribution in [3.63, 3.8) is 0 Å². The van der Waals surface area contributed by atoms with E-state index in [1.807, 2.05) is 60.0 Å². The monoisotopic (exact) mass is 489 g/mol. The summed E-state index contributed by atoms with van der Waals surface area (Å²) in [7, 11) is 0. The molecular formula is C26H17ClFN3O2S. The second-order valence-corrected chi connectivity index (χ2v) is 8.89. The van der Waals surface area contributed by atoms with E-state index in [2.05, 4.69) is 10.3 Å². The molecule has 0 bridgehead atoms. The van der Waals surface area contributed by atoms with Crippen LogP contribution in [0.4, 0.5) is 10.1 Å². The number of aromatic nitrogens is 2. The summed E-state index contributed by atoms with van der Waals surface area (Å²) in [5, 5.41) is 4.90. The highest BCUT2D eigenvalue weighted by Gasteiger charge is 2.15. The standard InChI is InChI=1S/C26H17ClFN3O2S/c27-21-12-19(10-11-22(21)28)30-23(32)13-31-15-29-25-24(26(31)33)20(14-34-25)18-8-6-17(7-9-18)16-4-2-1-3-5-16/h1-12,14-15H,13H2,(H,30,32). The van der Waals surface area contributed by atoms with Gasteiger partial charge in [0.1, 0.15) is 17.2 Å². The predicted octanol–water partition coefficient (Wildman–Crippen LogP) is 6.22. The van der Waals surface area contributed by atoms with Crippen LogP contribution in [-0.4, -0.2) is 15.5 Å². The molecule has 0 fully saturated rings. The van der Waals surface area contributed by atoms with Crippen LogP contribution in [0.25, 0.3) is 32.5 Å². The van der Waals surface area contributed by atoms with Crippen LogP contribution in [0.15, 0.2) is 89.3 Å². The number of carbonyl (C=O) groups is 1. The first kappa shape index (κ1) is 22.0. The quantitative estimate of drug-likeness (QED) is 0.318. The minimum absolute atomic E-state index is 0.0979. The number of nitrogens with one attached hydrogen (secondary N) is 1. The Morgan fingerprint density at radius 1 is 1.00 bits per heavy atom. The molecule has 168 valence electrons. The summed E-state index contributed by atoms with van der Waals surface area (Å²) in [5.41, 5.74) is 3.90. The van der Waals surface area contributed by atoms with Crippen molar-refractivity contribution in [3.8, 4) is 22.3 Å². The summed E-state index contributed by atoms with van der Waals surface area (Å²) in [6.07, 6.45) is 1.36. The Morgan fingerprint density at radius 3 is 2.44 bits per heavy atom. The molecule has 5 aromatic rings. The van der Waals surface area contributed by atoms with Gasteiger partial charge in [0, 0.05) is 16.6 Å². The molecule has 2 heterocycles. The fraction of sp³-hybridized carbons (Fsp3) is 0.0385. The Kier molecular flexibility index (Phi) is 5.96. The number of hydrogen-bond donors (Lipinski definition) is 1. The van der Waals surface area contributed by atoms with Crippen molar-refractivity contribution in [2.45, 2.75) is 6.54 Å². The van der Waals surface area contributed by atoms with Crippen LogP contribution < -0.4 is 10.9 Å². The molecule has 5 nitrogen and oxygen atoms in total. The molecule has 0 atom stereocenters. The first-order valence-electron chi connectivity index (χ1n) is 10.4. The number of carbonyl (C=O) groups excluding carboxylic acids is 1. The minimum atomic E-state index is -0.577. The zero-order valence-electron chi connectivity index (χ0n) is 17.7. The van der Waals surface area contributed by atoms with E-state index in [0.717, 1.165) is 22.3 Å². The highest BCUT2D eigenvalue weighted by Crippen LogP contribution is 2.32. The fourth-order valence-corrected chi connectivity index (χ4v) is 4.78. The lowest BCUT2D eigenvalue weighted by Gasteiger charge is -2.08. The Hall–Kier alpha value is -3.81. The maximum Gasteiger partial charge on any atom is 0.263 e. The Labute approximate surface area is 203 Å². The molecule has 8 heteroatoms. The third-order valence-electron chi connectivity index (χ3n) is 5.38. The van der Waals surface area contributed by atoms with E-state index in [1.165, 1.54) is 40.4 Å². The number of halogens is 2. The number of anilines is 1. The van der Waals surface area contributed by atoms with Crippen molar-refractivity contribution in [3.05, 3.63) is 106 Å². The zero-order chi connectivity index (χ0) is 23.7. The molecule has 0 unspecified atom stereocenters. The number of rotatable bonds is 5. The first-order chi connectivity index (χ1) is 16.5. The number of hydrogen-bond acceptors (Lipinski definition) is 4. The normalized spacial score (nSPS) is 11.0. The van der Waals surface area contributed by atoms with Crippen molar-refractivity contribution in [2.75, 3.05) is 5.32 Å². The summed E-state index contributed by atoms with van der Waals surface area (Å²) in [6, 6.07) is 21.9. The van der Waals surface area contributed by atoms with Gasteiger partial charge in [0.25, 0.3) is 5.56 Å². The molecule has 2 aromatic heterocycles. The number of nitrogens with zero attached hydrogens (tertiary/aromatic N) is 2. The van der Waals surface area contributed by atoms with Gasteiger partial charge in [0.15, 0.2) is 0 Å². The van der Waals surface area contributed by atoms with E-state index in [-0.39, 0.29) is 17.1 Å². The molecule has 34 heavy (non-hydrogen) atoms. The van der Waals surface area contributed by atoms with Crippen molar-refractivity contribution in [1.29, 1.82) is 0 Å². The number of amides is 1. The van der Waals surface area contributed by atoms with Crippen LogP contribution in [0.1, 0.15) is 0 Å². The first-order valence-corrected chi connectivity index (χ1v) is 11.6. The molecule has 0 saturated heterocycles. The van der Waals surface area contributed by atoms with Crippen LogP contribution in [-0.2, 0) is 11.3 Å². The second kappa shape index (κ2) is 9.21. The summed E-state index contributed by atoms with van der Waals surface area (Å²) in [4.78, 5) is 30.7. The smallest absolute Gasteiger partial charge is 0.263 e. The van der Waals surface area contributed by atoms with Crippen LogP contribution in [0, 0.1) is 5.82 Å².